The summed E-state index contributed by atoms with van der Waals surface area (Å²) >= 11 is 3.48. The summed E-state index contributed by atoms with van der Waals surface area (Å²) in [6.45, 7) is 6.27. The molecule has 0 spiro atoms. The van der Waals surface area contributed by atoms with E-state index in [1.807, 2.05) is 19.1 Å². The first-order valence-electron chi connectivity index (χ1n) is 7.25. The fraction of sp³-hybridized carbons (Fsp3) is 0.375. The molecule has 1 fully saturated rings. The SMILES string of the molecule is Cc1cc(N2CCCC2)nc(Nc2ccc(Br)cc2C)n1. The van der Waals surface area contributed by atoms with Crippen LogP contribution in [0.4, 0.5) is 17.5 Å². The minimum Gasteiger partial charge on any atom is -0.356 e. The van der Waals surface area contributed by atoms with E-state index in [1.165, 1.54) is 12.8 Å². The molecule has 0 atom stereocenters. The fourth-order valence-electron chi connectivity index (χ4n) is 2.60. The second-order valence-electron chi connectivity index (χ2n) is 5.47. The van der Waals surface area contributed by atoms with Gasteiger partial charge in [0, 0.05) is 35.0 Å². The van der Waals surface area contributed by atoms with Crippen molar-refractivity contribution in [2.24, 2.45) is 0 Å². The Morgan fingerprint density at radius 1 is 1.10 bits per heavy atom. The highest BCUT2D eigenvalue weighted by atomic mass is 79.9. The number of hydrogen-bond acceptors (Lipinski definition) is 4. The van der Waals surface area contributed by atoms with Gasteiger partial charge in [-0.1, -0.05) is 15.9 Å². The summed E-state index contributed by atoms with van der Waals surface area (Å²) in [5, 5.41) is 3.33. The first kappa shape index (κ1) is 14.3. The summed E-state index contributed by atoms with van der Waals surface area (Å²) in [5.41, 5.74) is 3.19. The summed E-state index contributed by atoms with van der Waals surface area (Å²) in [5.74, 6) is 1.69. The molecule has 5 heteroatoms. The number of rotatable bonds is 3. The van der Waals surface area contributed by atoms with Gasteiger partial charge in [-0.3, -0.25) is 0 Å². The predicted octanol–water partition coefficient (Wildman–Crippen LogP) is 4.20. The van der Waals surface area contributed by atoms with Gasteiger partial charge in [0.15, 0.2) is 0 Å². The molecule has 1 saturated heterocycles. The third kappa shape index (κ3) is 3.35. The van der Waals surface area contributed by atoms with Gasteiger partial charge in [0.2, 0.25) is 5.95 Å². The van der Waals surface area contributed by atoms with E-state index in [4.69, 9.17) is 0 Å². The van der Waals surface area contributed by atoms with Gasteiger partial charge < -0.3 is 10.2 Å². The molecule has 1 aromatic heterocycles. The molecule has 0 radical (unpaired) electrons. The van der Waals surface area contributed by atoms with Crippen LogP contribution in [0.25, 0.3) is 0 Å². The zero-order valence-electron chi connectivity index (χ0n) is 12.4. The monoisotopic (exact) mass is 346 g/mol. The molecule has 1 aromatic carbocycles. The van der Waals surface area contributed by atoms with Crippen molar-refractivity contribution in [2.45, 2.75) is 26.7 Å². The quantitative estimate of drug-likeness (QED) is 0.904. The highest BCUT2D eigenvalue weighted by molar-refractivity contribution is 9.10. The molecule has 1 N–H and O–H groups in total. The fourth-order valence-corrected chi connectivity index (χ4v) is 3.08. The molecular weight excluding hydrogens is 328 g/mol. The van der Waals surface area contributed by atoms with Crippen molar-refractivity contribution in [1.82, 2.24) is 9.97 Å². The van der Waals surface area contributed by atoms with Gasteiger partial charge >= 0.3 is 0 Å². The third-order valence-corrected chi connectivity index (χ3v) is 4.20. The smallest absolute Gasteiger partial charge is 0.229 e. The van der Waals surface area contributed by atoms with Crippen molar-refractivity contribution in [2.75, 3.05) is 23.3 Å². The van der Waals surface area contributed by atoms with E-state index in [9.17, 15) is 0 Å². The van der Waals surface area contributed by atoms with Gasteiger partial charge in [0.1, 0.15) is 5.82 Å². The average Bonchev–Trinajstić information content (AvgIpc) is 2.95. The topological polar surface area (TPSA) is 41.1 Å². The summed E-state index contributed by atoms with van der Waals surface area (Å²) in [6.07, 6.45) is 2.50. The molecule has 0 aliphatic carbocycles. The molecule has 0 amide bonds. The lowest BCUT2D eigenvalue weighted by Crippen LogP contribution is -2.19. The molecule has 21 heavy (non-hydrogen) atoms. The van der Waals surface area contributed by atoms with E-state index < -0.39 is 0 Å². The van der Waals surface area contributed by atoms with E-state index in [0.717, 1.165) is 40.3 Å². The molecule has 2 aromatic rings. The zero-order valence-corrected chi connectivity index (χ0v) is 13.9. The number of nitrogens with one attached hydrogen (secondary N) is 1. The Kier molecular flexibility index (Phi) is 4.10. The lowest BCUT2D eigenvalue weighted by molar-refractivity contribution is 0.923. The molecule has 1 aliphatic heterocycles. The molecule has 0 bridgehead atoms. The number of nitrogens with zero attached hydrogens (tertiary/aromatic N) is 3. The van der Waals surface area contributed by atoms with Crippen LogP contribution in [0, 0.1) is 13.8 Å². The number of hydrogen-bond donors (Lipinski definition) is 1. The van der Waals surface area contributed by atoms with E-state index in [2.05, 4.69) is 55.2 Å². The first-order chi connectivity index (χ1) is 10.1. The lowest BCUT2D eigenvalue weighted by Gasteiger charge is -2.18. The van der Waals surface area contributed by atoms with Gasteiger partial charge in [-0.15, -0.1) is 0 Å². The van der Waals surface area contributed by atoms with Crippen LogP contribution in [-0.2, 0) is 0 Å². The number of halogens is 1. The Labute approximate surface area is 133 Å². The molecular formula is C16H19BrN4. The van der Waals surface area contributed by atoms with Crippen molar-refractivity contribution in [1.29, 1.82) is 0 Å². The van der Waals surface area contributed by atoms with Crippen molar-refractivity contribution < 1.29 is 0 Å². The predicted molar refractivity (Wildman–Crippen MR) is 90.4 cm³/mol. The third-order valence-electron chi connectivity index (χ3n) is 3.71. The number of aromatic nitrogens is 2. The molecule has 0 saturated carbocycles. The van der Waals surface area contributed by atoms with Crippen LogP contribution in [0.2, 0.25) is 0 Å². The second-order valence-corrected chi connectivity index (χ2v) is 6.39. The van der Waals surface area contributed by atoms with Crippen LogP contribution in [0.1, 0.15) is 24.1 Å². The van der Waals surface area contributed by atoms with E-state index >= 15 is 0 Å². The Hall–Kier alpha value is -1.62. The van der Waals surface area contributed by atoms with Crippen LogP contribution in [0.15, 0.2) is 28.7 Å². The van der Waals surface area contributed by atoms with Crippen LogP contribution in [0.3, 0.4) is 0 Å². The molecule has 1 aliphatic rings. The number of aryl methyl sites for hydroxylation is 2. The lowest BCUT2D eigenvalue weighted by atomic mass is 10.2. The minimum atomic E-state index is 0.669. The van der Waals surface area contributed by atoms with E-state index in [-0.39, 0.29) is 0 Å². The van der Waals surface area contributed by atoms with Crippen molar-refractivity contribution in [3.63, 3.8) is 0 Å². The first-order valence-corrected chi connectivity index (χ1v) is 8.05. The molecule has 110 valence electrons. The summed E-state index contributed by atoms with van der Waals surface area (Å²) in [4.78, 5) is 11.5. The summed E-state index contributed by atoms with van der Waals surface area (Å²) < 4.78 is 1.08. The largest absolute Gasteiger partial charge is 0.356 e. The molecule has 0 unspecified atom stereocenters. The van der Waals surface area contributed by atoms with E-state index in [1.54, 1.807) is 0 Å². The van der Waals surface area contributed by atoms with Crippen LogP contribution >= 0.6 is 15.9 Å². The van der Waals surface area contributed by atoms with Crippen molar-refractivity contribution in [3.05, 3.63) is 40.0 Å². The molecule has 4 nitrogen and oxygen atoms in total. The number of anilines is 3. The van der Waals surface area contributed by atoms with Gasteiger partial charge in [-0.25, -0.2) is 4.98 Å². The Bertz CT molecular complexity index is 651. The van der Waals surface area contributed by atoms with Crippen LogP contribution in [0.5, 0.6) is 0 Å². The minimum absolute atomic E-state index is 0.669. The maximum absolute atomic E-state index is 4.67. The maximum Gasteiger partial charge on any atom is 0.229 e. The summed E-state index contributed by atoms with van der Waals surface area (Å²) in [7, 11) is 0. The Morgan fingerprint density at radius 2 is 1.86 bits per heavy atom. The van der Waals surface area contributed by atoms with Gasteiger partial charge in [0.25, 0.3) is 0 Å². The van der Waals surface area contributed by atoms with Crippen molar-refractivity contribution in [3.8, 4) is 0 Å². The number of benzene rings is 1. The van der Waals surface area contributed by atoms with Gasteiger partial charge in [-0.05, 0) is 50.5 Å². The van der Waals surface area contributed by atoms with E-state index in [0.29, 0.717) is 5.95 Å². The maximum atomic E-state index is 4.67. The van der Waals surface area contributed by atoms with Crippen LogP contribution in [-0.4, -0.2) is 23.1 Å². The highest BCUT2D eigenvalue weighted by Gasteiger charge is 2.15. The summed E-state index contributed by atoms with van der Waals surface area (Å²) in [6, 6.07) is 8.21. The molecule has 3 rings (SSSR count). The standard InChI is InChI=1S/C16H19BrN4/c1-11-9-13(17)5-6-14(11)19-16-18-12(2)10-15(20-16)21-7-3-4-8-21/h5-6,9-10H,3-4,7-8H2,1-2H3,(H,18,19,20). The van der Waals surface area contributed by atoms with Gasteiger partial charge in [0.05, 0.1) is 0 Å². The second kappa shape index (κ2) is 6.02. The molecule has 2 heterocycles. The zero-order chi connectivity index (χ0) is 14.8. The Balaban J connectivity index is 1.87. The Morgan fingerprint density at radius 3 is 2.57 bits per heavy atom. The van der Waals surface area contributed by atoms with Gasteiger partial charge in [-0.2, -0.15) is 4.98 Å². The van der Waals surface area contributed by atoms with Crippen LogP contribution < -0.4 is 10.2 Å². The van der Waals surface area contributed by atoms with Crippen molar-refractivity contribution >= 4 is 33.4 Å². The normalized spacial score (nSPS) is 14.5. The highest BCUT2D eigenvalue weighted by Crippen LogP contribution is 2.24. The average molecular weight is 347 g/mol.